The van der Waals surface area contributed by atoms with Crippen LogP contribution in [0.25, 0.3) is 5.82 Å². The Bertz CT molecular complexity index is 786. The van der Waals surface area contributed by atoms with Gasteiger partial charge in [0.2, 0.25) is 0 Å². The van der Waals surface area contributed by atoms with Gasteiger partial charge >= 0.3 is 0 Å². The summed E-state index contributed by atoms with van der Waals surface area (Å²) < 4.78 is 1.89. The average Bonchev–Trinajstić information content (AvgIpc) is 2.93. The normalized spacial score (nSPS) is 10.9. The average molecular weight is 351 g/mol. The lowest BCUT2D eigenvalue weighted by atomic mass is 10.2. The molecular formula is C15H12Cl2N4S. The van der Waals surface area contributed by atoms with Gasteiger partial charge in [0.05, 0.1) is 0 Å². The van der Waals surface area contributed by atoms with Gasteiger partial charge in [-0.05, 0) is 36.8 Å². The van der Waals surface area contributed by atoms with E-state index in [4.69, 9.17) is 23.2 Å². The topological polar surface area (TPSA) is 43.6 Å². The Hall–Kier alpha value is -1.56. The zero-order valence-corrected chi connectivity index (χ0v) is 14.0. The van der Waals surface area contributed by atoms with Crippen LogP contribution in [0.5, 0.6) is 0 Å². The summed E-state index contributed by atoms with van der Waals surface area (Å²) in [5, 5.41) is 10.6. The summed E-state index contributed by atoms with van der Waals surface area (Å²) in [5.74, 6) is 2.35. The molecule has 0 saturated carbocycles. The maximum Gasteiger partial charge on any atom is 0.160 e. The van der Waals surface area contributed by atoms with Crippen LogP contribution in [-0.4, -0.2) is 19.7 Å². The summed E-state index contributed by atoms with van der Waals surface area (Å²) in [6.45, 7) is 1.92. The van der Waals surface area contributed by atoms with Crippen molar-refractivity contribution in [1.82, 2.24) is 19.7 Å². The van der Waals surface area contributed by atoms with Crippen molar-refractivity contribution in [2.75, 3.05) is 0 Å². The van der Waals surface area contributed by atoms with Crippen molar-refractivity contribution < 1.29 is 0 Å². The molecule has 0 aliphatic heterocycles. The van der Waals surface area contributed by atoms with Crippen LogP contribution in [0, 0.1) is 6.92 Å². The van der Waals surface area contributed by atoms with Gasteiger partial charge in [-0.3, -0.25) is 4.57 Å². The monoisotopic (exact) mass is 350 g/mol. The Kier molecular flexibility index (Phi) is 4.66. The van der Waals surface area contributed by atoms with Crippen LogP contribution in [0.4, 0.5) is 0 Å². The highest BCUT2D eigenvalue weighted by atomic mass is 35.5. The van der Waals surface area contributed by atoms with Gasteiger partial charge in [0.15, 0.2) is 5.82 Å². The largest absolute Gasteiger partial charge is 0.287 e. The quantitative estimate of drug-likeness (QED) is 0.646. The van der Waals surface area contributed by atoms with E-state index >= 15 is 0 Å². The number of rotatable bonds is 4. The number of aryl methyl sites for hydroxylation is 1. The molecule has 7 heteroatoms. The van der Waals surface area contributed by atoms with Gasteiger partial charge in [-0.25, -0.2) is 4.98 Å². The molecule has 1 aromatic carbocycles. The van der Waals surface area contributed by atoms with E-state index in [1.807, 2.05) is 42.0 Å². The molecule has 0 amide bonds. The first-order valence-electron chi connectivity index (χ1n) is 6.54. The van der Waals surface area contributed by atoms with Gasteiger partial charge in [-0.15, -0.1) is 10.2 Å². The fourth-order valence-electron chi connectivity index (χ4n) is 1.93. The molecule has 112 valence electrons. The van der Waals surface area contributed by atoms with Crippen LogP contribution in [0.1, 0.15) is 11.4 Å². The van der Waals surface area contributed by atoms with Crippen molar-refractivity contribution in [3.8, 4) is 5.82 Å². The van der Waals surface area contributed by atoms with E-state index in [2.05, 4.69) is 15.2 Å². The fraction of sp³-hybridized carbons (Fsp3) is 0.133. The van der Waals surface area contributed by atoms with Crippen molar-refractivity contribution in [2.24, 2.45) is 0 Å². The molecule has 0 spiro atoms. The van der Waals surface area contributed by atoms with Gasteiger partial charge in [0, 0.05) is 28.2 Å². The minimum absolute atomic E-state index is 0.638. The van der Waals surface area contributed by atoms with Gasteiger partial charge in [0.1, 0.15) is 10.9 Å². The van der Waals surface area contributed by atoms with Crippen molar-refractivity contribution in [1.29, 1.82) is 0 Å². The summed E-state index contributed by atoms with van der Waals surface area (Å²) in [7, 11) is 0. The molecule has 22 heavy (non-hydrogen) atoms. The molecule has 4 nitrogen and oxygen atoms in total. The summed E-state index contributed by atoms with van der Waals surface area (Å²) >= 11 is 13.6. The third-order valence-corrected chi connectivity index (χ3v) is 4.65. The Balaban J connectivity index is 1.70. The maximum absolute atomic E-state index is 6.16. The highest BCUT2D eigenvalue weighted by Crippen LogP contribution is 2.27. The predicted molar refractivity (Wildman–Crippen MR) is 89.9 cm³/mol. The summed E-state index contributed by atoms with van der Waals surface area (Å²) in [4.78, 5) is 4.17. The second kappa shape index (κ2) is 6.69. The van der Waals surface area contributed by atoms with Crippen molar-refractivity contribution in [3.05, 3.63) is 64.2 Å². The molecule has 2 aromatic heterocycles. The van der Waals surface area contributed by atoms with E-state index < -0.39 is 0 Å². The highest BCUT2D eigenvalue weighted by molar-refractivity contribution is 7.98. The molecule has 0 atom stereocenters. The van der Waals surface area contributed by atoms with Crippen LogP contribution in [0.15, 0.2) is 47.8 Å². The number of thioether (sulfide) groups is 1. The van der Waals surface area contributed by atoms with E-state index in [-0.39, 0.29) is 0 Å². The van der Waals surface area contributed by atoms with Crippen molar-refractivity contribution >= 4 is 35.0 Å². The smallest absolute Gasteiger partial charge is 0.160 e. The molecule has 0 bridgehead atoms. The SMILES string of the molecule is Cc1nccn1-c1ccc(SCc2ccc(Cl)cc2Cl)nn1. The molecule has 0 aliphatic carbocycles. The zero-order chi connectivity index (χ0) is 15.5. The van der Waals surface area contributed by atoms with E-state index in [0.29, 0.717) is 15.8 Å². The number of hydrogen-bond donors (Lipinski definition) is 0. The van der Waals surface area contributed by atoms with E-state index in [1.54, 1.807) is 24.0 Å². The van der Waals surface area contributed by atoms with Crippen LogP contribution in [0.2, 0.25) is 10.0 Å². The lowest BCUT2D eigenvalue weighted by molar-refractivity contribution is 0.841. The fourth-order valence-corrected chi connectivity index (χ4v) is 3.30. The molecule has 0 unspecified atom stereocenters. The van der Waals surface area contributed by atoms with Gasteiger partial charge in [0.25, 0.3) is 0 Å². The van der Waals surface area contributed by atoms with E-state index in [9.17, 15) is 0 Å². The van der Waals surface area contributed by atoms with Crippen LogP contribution < -0.4 is 0 Å². The van der Waals surface area contributed by atoms with Crippen LogP contribution in [0.3, 0.4) is 0 Å². The lowest BCUT2D eigenvalue weighted by Crippen LogP contribution is -2.00. The summed E-state index contributed by atoms with van der Waals surface area (Å²) in [6, 6.07) is 9.37. The molecule has 0 fully saturated rings. The molecule has 0 radical (unpaired) electrons. The Morgan fingerprint density at radius 3 is 2.64 bits per heavy atom. The second-order valence-corrected chi connectivity index (χ2v) is 6.44. The molecule has 3 rings (SSSR count). The Morgan fingerprint density at radius 2 is 2.00 bits per heavy atom. The number of nitrogens with zero attached hydrogens (tertiary/aromatic N) is 4. The number of halogens is 2. The van der Waals surface area contributed by atoms with Crippen LogP contribution in [-0.2, 0) is 5.75 Å². The number of benzene rings is 1. The molecular weight excluding hydrogens is 339 g/mol. The number of hydrogen-bond acceptors (Lipinski definition) is 4. The van der Waals surface area contributed by atoms with Crippen LogP contribution >= 0.6 is 35.0 Å². The molecule has 0 saturated heterocycles. The van der Waals surface area contributed by atoms with Crippen molar-refractivity contribution in [2.45, 2.75) is 17.7 Å². The molecule has 2 heterocycles. The minimum atomic E-state index is 0.638. The van der Waals surface area contributed by atoms with Crippen molar-refractivity contribution in [3.63, 3.8) is 0 Å². The summed E-state index contributed by atoms with van der Waals surface area (Å²) in [6.07, 6.45) is 3.60. The Labute approximate surface area is 142 Å². The van der Waals surface area contributed by atoms with Gasteiger partial charge < -0.3 is 0 Å². The summed E-state index contributed by atoms with van der Waals surface area (Å²) in [5.41, 5.74) is 1.02. The lowest BCUT2D eigenvalue weighted by Gasteiger charge is -2.06. The van der Waals surface area contributed by atoms with Gasteiger partial charge in [-0.2, -0.15) is 0 Å². The molecule has 0 N–H and O–H groups in total. The van der Waals surface area contributed by atoms with E-state index in [1.165, 1.54) is 0 Å². The number of aromatic nitrogens is 4. The molecule has 0 aliphatic rings. The van der Waals surface area contributed by atoms with E-state index in [0.717, 1.165) is 22.2 Å². The second-order valence-electron chi connectivity index (χ2n) is 4.60. The first-order valence-corrected chi connectivity index (χ1v) is 8.28. The third kappa shape index (κ3) is 3.43. The maximum atomic E-state index is 6.16. The molecule has 3 aromatic rings. The van der Waals surface area contributed by atoms with Gasteiger partial charge in [-0.1, -0.05) is 41.0 Å². The Morgan fingerprint density at radius 1 is 1.14 bits per heavy atom. The third-order valence-electron chi connectivity index (χ3n) is 3.09. The number of imidazole rings is 1. The first-order chi connectivity index (χ1) is 10.6. The standard InChI is InChI=1S/C15H12Cl2N4S/c1-10-18-6-7-21(10)14-4-5-15(20-19-14)22-9-11-2-3-12(16)8-13(11)17/h2-8H,9H2,1H3. The minimum Gasteiger partial charge on any atom is -0.287 e. The predicted octanol–water partition coefficient (Wildman–Crippen LogP) is 4.57. The zero-order valence-electron chi connectivity index (χ0n) is 11.7. The first kappa shape index (κ1) is 15.3. The highest BCUT2D eigenvalue weighted by Gasteiger charge is 2.06.